The first kappa shape index (κ1) is 17.6. The number of unbranched alkanes of at least 4 members (excludes halogenated alkanes) is 7. The fourth-order valence-electron chi connectivity index (χ4n) is 1.63. The fourth-order valence-corrected chi connectivity index (χ4v) is 1.63. The first-order valence-corrected chi connectivity index (χ1v) is 7.00. The van der Waals surface area contributed by atoms with Gasteiger partial charge in [-0.3, -0.25) is 0 Å². The van der Waals surface area contributed by atoms with Crippen LogP contribution in [-0.4, -0.2) is 40.0 Å². The van der Waals surface area contributed by atoms with Gasteiger partial charge in [-0.15, -0.1) is 0 Å². The maximum Gasteiger partial charge on any atom is 0.146 e. The van der Waals surface area contributed by atoms with E-state index in [4.69, 9.17) is 14.2 Å². The second-order valence-corrected chi connectivity index (χ2v) is 4.36. The van der Waals surface area contributed by atoms with Gasteiger partial charge < -0.3 is 19.0 Å². The van der Waals surface area contributed by atoms with E-state index in [2.05, 4.69) is 0 Å². The minimum Gasteiger partial charge on any atom is -0.382 e. The van der Waals surface area contributed by atoms with E-state index in [0.717, 1.165) is 32.2 Å². The molecular weight excluding hydrogens is 232 g/mol. The largest absolute Gasteiger partial charge is 0.382 e. The summed E-state index contributed by atoms with van der Waals surface area (Å²) in [6, 6.07) is 0. The predicted molar refractivity (Wildman–Crippen MR) is 71.6 cm³/mol. The Balaban J connectivity index is 2.88. The lowest BCUT2D eigenvalue weighted by Crippen LogP contribution is -2.06. The van der Waals surface area contributed by atoms with Crippen molar-refractivity contribution >= 4 is 6.29 Å². The van der Waals surface area contributed by atoms with E-state index in [1.165, 1.54) is 32.1 Å². The molecule has 18 heavy (non-hydrogen) atoms. The highest BCUT2D eigenvalue weighted by atomic mass is 16.7. The van der Waals surface area contributed by atoms with E-state index in [0.29, 0.717) is 20.0 Å². The molecule has 0 aliphatic heterocycles. The Kier molecular flexibility index (Phi) is 16.1. The summed E-state index contributed by atoms with van der Waals surface area (Å²) in [6.07, 6.45) is 10.0. The molecule has 0 aromatic rings. The van der Waals surface area contributed by atoms with Crippen LogP contribution in [0.2, 0.25) is 0 Å². The summed E-state index contributed by atoms with van der Waals surface area (Å²) < 4.78 is 15.4. The quantitative estimate of drug-likeness (QED) is 0.258. The van der Waals surface area contributed by atoms with Crippen molar-refractivity contribution in [2.45, 2.75) is 51.4 Å². The van der Waals surface area contributed by atoms with Gasteiger partial charge in [0.15, 0.2) is 0 Å². The van der Waals surface area contributed by atoms with E-state index in [1.807, 2.05) is 0 Å². The molecule has 0 saturated carbocycles. The van der Waals surface area contributed by atoms with Gasteiger partial charge in [-0.25, -0.2) is 0 Å². The van der Waals surface area contributed by atoms with Crippen LogP contribution < -0.4 is 0 Å². The fraction of sp³-hybridized carbons (Fsp3) is 0.929. The van der Waals surface area contributed by atoms with Crippen LogP contribution in [0, 0.1) is 0 Å². The standard InChI is InChI=1S/C14H28O4/c1-16-12-13-18-14-17-11-9-7-5-3-2-4-6-8-10-15/h10H,2-9,11-14H2,1H3. The first-order valence-electron chi connectivity index (χ1n) is 7.00. The Labute approximate surface area is 111 Å². The van der Waals surface area contributed by atoms with Crippen LogP contribution in [0.1, 0.15) is 51.4 Å². The monoisotopic (exact) mass is 260 g/mol. The smallest absolute Gasteiger partial charge is 0.146 e. The molecule has 0 unspecified atom stereocenters. The summed E-state index contributed by atoms with van der Waals surface area (Å²) in [5, 5.41) is 0. The van der Waals surface area contributed by atoms with Crippen LogP contribution in [0.4, 0.5) is 0 Å². The average molecular weight is 260 g/mol. The van der Waals surface area contributed by atoms with Crippen molar-refractivity contribution in [2.75, 3.05) is 33.7 Å². The summed E-state index contributed by atoms with van der Waals surface area (Å²) in [4.78, 5) is 10.1. The van der Waals surface area contributed by atoms with Gasteiger partial charge in [-0.1, -0.05) is 32.1 Å². The van der Waals surface area contributed by atoms with Crippen LogP contribution in [0.3, 0.4) is 0 Å². The molecule has 0 heterocycles. The molecule has 0 bridgehead atoms. The number of ether oxygens (including phenoxy) is 3. The SMILES string of the molecule is COCCOCOCCCCCCCCCC=O. The zero-order chi connectivity index (χ0) is 13.3. The lowest BCUT2D eigenvalue weighted by Gasteiger charge is -2.05. The number of aldehydes is 1. The molecule has 0 aromatic heterocycles. The van der Waals surface area contributed by atoms with Gasteiger partial charge in [-0.2, -0.15) is 0 Å². The zero-order valence-corrected chi connectivity index (χ0v) is 11.7. The summed E-state index contributed by atoms with van der Waals surface area (Å²) in [5.41, 5.74) is 0. The lowest BCUT2D eigenvalue weighted by molar-refractivity contribution is -0.107. The second-order valence-electron chi connectivity index (χ2n) is 4.36. The van der Waals surface area contributed by atoms with Crippen molar-refractivity contribution in [2.24, 2.45) is 0 Å². The van der Waals surface area contributed by atoms with Crippen molar-refractivity contribution in [1.29, 1.82) is 0 Å². The van der Waals surface area contributed by atoms with Gasteiger partial charge in [0, 0.05) is 20.1 Å². The van der Waals surface area contributed by atoms with Crippen LogP contribution in [0.5, 0.6) is 0 Å². The van der Waals surface area contributed by atoms with Gasteiger partial charge in [0.1, 0.15) is 13.1 Å². The Hall–Kier alpha value is -0.450. The molecule has 0 saturated heterocycles. The minimum absolute atomic E-state index is 0.370. The number of carbonyl (C=O) groups excluding carboxylic acids is 1. The summed E-state index contributed by atoms with van der Waals surface area (Å²) in [5.74, 6) is 0. The predicted octanol–water partition coefficient (Wildman–Crippen LogP) is 2.94. The van der Waals surface area contributed by atoms with E-state index < -0.39 is 0 Å². The molecule has 0 spiro atoms. The highest BCUT2D eigenvalue weighted by molar-refractivity contribution is 5.48. The second kappa shape index (κ2) is 16.6. The summed E-state index contributed by atoms with van der Waals surface area (Å²) in [7, 11) is 1.66. The molecule has 0 aliphatic carbocycles. The minimum atomic E-state index is 0.370. The van der Waals surface area contributed by atoms with Crippen molar-refractivity contribution in [3.63, 3.8) is 0 Å². The van der Waals surface area contributed by atoms with E-state index in [-0.39, 0.29) is 0 Å². The van der Waals surface area contributed by atoms with Gasteiger partial charge in [0.05, 0.1) is 13.2 Å². The molecule has 0 N–H and O–H groups in total. The molecule has 0 atom stereocenters. The number of carbonyl (C=O) groups is 1. The third kappa shape index (κ3) is 15.6. The molecule has 0 rings (SSSR count). The van der Waals surface area contributed by atoms with E-state index in [9.17, 15) is 4.79 Å². The van der Waals surface area contributed by atoms with Crippen LogP contribution >= 0.6 is 0 Å². The van der Waals surface area contributed by atoms with Gasteiger partial charge in [0.25, 0.3) is 0 Å². The van der Waals surface area contributed by atoms with Crippen molar-refractivity contribution in [3.05, 3.63) is 0 Å². The molecule has 108 valence electrons. The van der Waals surface area contributed by atoms with Crippen molar-refractivity contribution in [3.8, 4) is 0 Å². The normalized spacial score (nSPS) is 10.7. The van der Waals surface area contributed by atoms with E-state index in [1.54, 1.807) is 7.11 Å². The lowest BCUT2D eigenvalue weighted by atomic mass is 10.1. The number of rotatable bonds is 15. The molecular formula is C14H28O4. The third-order valence-corrected chi connectivity index (χ3v) is 2.71. The molecule has 0 amide bonds. The molecule has 0 radical (unpaired) electrons. The number of hydrogen-bond acceptors (Lipinski definition) is 4. The Morgan fingerprint density at radius 2 is 1.39 bits per heavy atom. The third-order valence-electron chi connectivity index (χ3n) is 2.71. The molecule has 0 aromatic carbocycles. The number of hydrogen-bond donors (Lipinski definition) is 0. The Morgan fingerprint density at radius 3 is 2.06 bits per heavy atom. The Morgan fingerprint density at radius 1 is 0.778 bits per heavy atom. The van der Waals surface area contributed by atoms with Crippen molar-refractivity contribution in [1.82, 2.24) is 0 Å². The molecule has 4 heteroatoms. The van der Waals surface area contributed by atoms with Crippen LogP contribution in [-0.2, 0) is 19.0 Å². The zero-order valence-electron chi connectivity index (χ0n) is 11.7. The topological polar surface area (TPSA) is 44.8 Å². The molecule has 4 nitrogen and oxygen atoms in total. The summed E-state index contributed by atoms with van der Waals surface area (Å²) in [6.45, 7) is 2.36. The average Bonchev–Trinajstić information content (AvgIpc) is 2.39. The highest BCUT2D eigenvalue weighted by Gasteiger charge is 1.93. The van der Waals surface area contributed by atoms with Crippen molar-refractivity contribution < 1.29 is 19.0 Å². The van der Waals surface area contributed by atoms with Gasteiger partial charge in [0.2, 0.25) is 0 Å². The molecule has 0 fully saturated rings. The van der Waals surface area contributed by atoms with Gasteiger partial charge >= 0.3 is 0 Å². The van der Waals surface area contributed by atoms with Crippen LogP contribution in [0.25, 0.3) is 0 Å². The molecule has 0 aliphatic rings. The van der Waals surface area contributed by atoms with E-state index >= 15 is 0 Å². The summed E-state index contributed by atoms with van der Waals surface area (Å²) >= 11 is 0. The first-order chi connectivity index (χ1) is 8.91. The van der Waals surface area contributed by atoms with Crippen LogP contribution in [0.15, 0.2) is 0 Å². The number of methoxy groups -OCH3 is 1. The van der Waals surface area contributed by atoms with Gasteiger partial charge in [-0.05, 0) is 12.8 Å². The highest BCUT2D eigenvalue weighted by Crippen LogP contribution is 2.07. The Bertz CT molecular complexity index is 162. The maximum atomic E-state index is 10.1. The maximum absolute atomic E-state index is 10.1.